The Hall–Kier alpha value is -1.23. The maximum Gasteiger partial charge on any atom is 0.161 e. The van der Waals surface area contributed by atoms with Crippen molar-refractivity contribution in [2.75, 3.05) is 21.3 Å². The first-order valence-corrected chi connectivity index (χ1v) is 7.62. The number of rotatable bonds is 5. The van der Waals surface area contributed by atoms with Gasteiger partial charge in [-0.2, -0.15) is 0 Å². The molecule has 1 N–H and O–H groups in total. The van der Waals surface area contributed by atoms with E-state index in [2.05, 4.69) is 21.2 Å². The molecule has 1 unspecified atom stereocenters. The Kier molecular flexibility index (Phi) is 5.51. The molecule has 0 aromatic heterocycles. The summed E-state index contributed by atoms with van der Waals surface area (Å²) >= 11 is 9.87. The summed E-state index contributed by atoms with van der Waals surface area (Å²) in [7, 11) is 5.15. The minimum atomic E-state index is -0.0326. The summed E-state index contributed by atoms with van der Waals surface area (Å²) in [5, 5.41) is 3.99. The summed E-state index contributed by atoms with van der Waals surface area (Å²) in [5.41, 5.74) is 2.05. The second-order valence-corrected chi connectivity index (χ2v) is 5.71. The van der Waals surface area contributed by atoms with Crippen molar-refractivity contribution < 1.29 is 9.47 Å². The predicted molar refractivity (Wildman–Crippen MR) is 89.6 cm³/mol. The lowest BCUT2D eigenvalue weighted by atomic mass is 9.98. The van der Waals surface area contributed by atoms with Crippen molar-refractivity contribution >= 4 is 27.5 Å². The van der Waals surface area contributed by atoms with Gasteiger partial charge in [0, 0.05) is 4.47 Å². The van der Waals surface area contributed by atoms with E-state index in [0.717, 1.165) is 15.6 Å². The highest BCUT2D eigenvalue weighted by atomic mass is 79.9. The number of benzene rings is 2. The van der Waals surface area contributed by atoms with E-state index in [9.17, 15) is 0 Å². The Morgan fingerprint density at radius 1 is 1.10 bits per heavy atom. The topological polar surface area (TPSA) is 30.5 Å². The van der Waals surface area contributed by atoms with Crippen LogP contribution < -0.4 is 14.8 Å². The summed E-state index contributed by atoms with van der Waals surface area (Å²) in [5.74, 6) is 1.40. The SMILES string of the molecule is CNC(c1ccc(OC)c(OC)c1)c1cccc(Br)c1Cl. The van der Waals surface area contributed by atoms with Crippen molar-refractivity contribution in [2.45, 2.75) is 6.04 Å². The quantitative estimate of drug-likeness (QED) is 0.844. The van der Waals surface area contributed by atoms with Gasteiger partial charge in [-0.25, -0.2) is 0 Å². The molecule has 0 heterocycles. The van der Waals surface area contributed by atoms with Gasteiger partial charge in [-0.05, 0) is 52.3 Å². The van der Waals surface area contributed by atoms with E-state index in [-0.39, 0.29) is 6.04 Å². The Morgan fingerprint density at radius 3 is 2.43 bits per heavy atom. The van der Waals surface area contributed by atoms with Gasteiger partial charge in [0.05, 0.1) is 25.3 Å². The molecule has 21 heavy (non-hydrogen) atoms. The standard InChI is InChI=1S/C16H17BrClNO2/c1-19-16(11-5-4-6-12(17)15(11)18)10-7-8-13(20-2)14(9-10)21-3/h4-9,16,19H,1-3H3. The van der Waals surface area contributed by atoms with Crippen LogP contribution in [0, 0.1) is 0 Å². The number of halogens is 2. The normalized spacial score (nSPS) is 12.0. The molecule has 0 radical (unpaired) electrons. The highest BCUT2D eigenvalue weighted by Crippen LogP contribution is 2.36. The van der Waals surface area contributed by atoms with Gasteiger partial charge in [0.2, 0.25) is 0 Å². The van der Waals surface area contributed by atoms with Gasteiger partial charge >= 0.3 is 0 Å². The molecule has 0 spiro atoms. The van der Waals surface area contributed by atoms with Gasteiger partial charge in [0.15, 0.2) is 11.5 Å². The summed E-state index contributed by atoms with van der Waals surface area (Å²) < 4.78 is 11.5. The summed E-state index contributed by atoms with van der Waals surface area (Å²) in [6.45, 7) is 0. The maximum atomic E-state index is 6.41. The van der Waals surface area contributed by atoms with Gasteiger partial charge in [0.1, 0.15) is 0 Å². The molecule has 0 saturated heterocycles. The van der Waals surface area contributed by atoms with Crippen molar-refractivity contribution in [1.82, 2.24) is 5.32 Å². The molecular weight excluding hydrogens is 354 g/mol. The first-order valence-electron chi connectivity index (χ1n) is 6.45. The lowest BCUT2D eigenvalue weighted by Crippen LogP contribution is -2.18. The number of methoxy groups -OCH3 is 2. The van der Waals surface area contributed by atoms with Crippen LogP contribution in [0.5, 0.6) is 11.5 Å². The minimum Gasteiger partial charge on any atom is -0.493 e. The lowest BCUT2D eigenvalue weighted by Gasteiger charge is -2.20. The van der Waals surface area contributed by atoms with Crippen LogP contribution in [0.2, 0.25) is 5.02 Å². The average Bonchev–Trinajstić information content (AvgIpc) is 2.51. The molecule has 0 fully saturated rings. The zero-order valence-corrected chi connectivity index (χ0v) is 14.5. The summed E-state index contributed by atoms with van der Waals surface area (Å²) in [6.07, 6.45) is 0. The third kappa shape index (κ3) is 3.34. The minimum absolute atomic E-state index is 0.0326. The first-order chi connectivity index (χ1) is 10.1. The predicted octanol–water partition coefficient (Wildman–Crippen LogP) is 4.43. The largest absolute Gasteiger partial charge is 0.493 e. The average molecular weight is 371 g/mol. The van der Waals surface area contributed by atoms with E-state index in [0.29, 0.717) is 16.5 Å². The molecule has 1 atom stereocenters. The van der Waals surface area contributed by atoms with Crippen molar-refractivity contribution in [3.8, 4) is 11.5 Å². The first kappa shape index (κ1) is 16.1. The van der Waals surface area contributed by atoms with Crippen LogP contribution in [-0.4, -0.2) is 21.3 Å². The van der Waals surface area contributed by atoms with Crippen molar-refractivity contribution in [3.63, 3.8) is 0 Å². The lowest BCUT2D eigenvalue weighted by molar-refractivity contribution is 0.354. The van der Waals surface area contributed by atoms with Crippen LogP contribution in [-0.2, 0) is 0 Å². The van der Waals surface area contributed by atoms with E-state index in [1.54, 1.807) is 14.2 Å². The molecule has 0 saturated carbocycles. The van der Waals surface area contributed by atoms with Gasteiger partial charge in [-0.15, -0.1) is 0 Å². The van der Waals surface area contributed by atoms with Gasteiger partial charge < -0.3 is 14.8 Å². The van der Waals surface area contributed by atoms with Gasteiger partial charge in [-0.3, -0.25) is 0 Å². The second-order valence-electron chi connectivity index (χ2n) is 4.48. The molecule has 0 bridgehead atoms. The zero-order valence-electron chi connectivity index (χ0n) is 12.1. The van der Waals surface area contributed by atoms with Crippen LogP contribution in [0.4, 0.5) is 0 Å². The number of nitrogens with one attached hydrogen (secondary N) is 1. The number of ether oxygens (including phenoxy) is 2. The molecule has 2 aromatic carbocycles. The molecule has 2 rings (SSSR count). The van der Waals surface area contributed by atoms with E-state index in [4.69, 9.17) is 21.1 Å². The van der Waals surface area contributed by atoms with Crippen molar-refractivity contribution in [1.29, 1.82) is 0 Å². The monoisotopic (exact) mass is 369 g/mol. The van der Waals surface area contributed by atoms with Crippen molar-refractivity contribution in [2.24, 2.45) is 0 Å². The molecule has 5 heteroatoms. The molecular formula is C16H17BrClNO2. The number of hydrogen-bond acceptors (Lipinski definition) is 3. The van der Waals surface area contributed by atoms with Gasteiger partial charge in [0.25, 0.3) is 0 Å². The van der Waals surface area contributed by atoms with Crippen LogP contribution in [0.1, 0.15) is 17.2 Å². The van der Waals surface area contributed by atoms with E-state index >= 15 is 0 Å². The Labute approximate surface area is 138 Å². The van der Waals surface area contributed by atoms with Crippen LogP contribution in [0.25, 0.3) is 0 Å². The molecule has 3 nitrogen and oxygen atoms in total. The third-order valence-corrected chi connectivity index (χ3v) is 4.63. The Bertz CT molecular complexity index is 634. The van der Waals surface area contributed by atoms with E-state index in [1.807, 2.05) is 43.4 Å². The highest BCUT2D eigenvalue weighted by molar-refractivity contribution is 9.10. The molecule has 0 aliphatic heterocycles. The fourth-order valence-corrected chi connectivity index (χ4v) is 2.89. The van der Waals surface area contributed by atoms with Crippen LogP contribution in [0.15, 0.2) is 40.9 Å². The zero-order chi connectivity index (χ0) is 15.4. The third-order valence-electron chi connectivity index (χ3n) is 3.32. The Morgan fingerprint density at radius 2 is 1.81 bits per heavy atom. The summed E-state index contributed by atoms with van der Waals surface area (Å²) in [6, 6.07) is 11.7. The fourth-order valence-electron chi connectivity index (χ4n) is 2.28. The van der Waals surface area contributed by atoms with Gasteiger partial charge in [-0.1, -0.05) is 29.8 Å². The second kappa shape index (κ2) is 7.16. The Balaban J connectivity index is 2.49. The van der Waals surface area contributed by atoms with Crippen LogP contribution >= 0.6 is 27.5 Å². The van der Waals surface area contributed by atoms with Crippen molar-refractivity contribution in [3.05, 3.63) is 57.0 Å². The molecule has 0 aliphatic rings. The fraction of sp³-hybridized carbons (Fsp3) is 0.250. The van der Waals surface area contributed by atoms with Crippen LogP contribution in [0.3, 0.4) is 0 Å². The molecule has 2 aromatic rings. The highest BCUT2D eigenvalue weighted by Gasteiger charge is 2.18. The smallest absolute Gasteiger partial charge is 0.161 e. The maximum absolute atomic E-state index is 6.41. The summed E-state index contributed by atoms with van der Waals surface area (Å²) in [4.78, 5) is 0. The molecule has 112 valence electrons. The number of hydrogen-bond donors (Lipinski definition) is 1. The molecule has 0 amide bonds. The molecule has 0 aliphatic carbocycles. The van der Waals surface area contributed by atoms with E-state index < -0.39 is 0 Å². The van der Waals surface area contributed by atoms with E-state index in [1.165, 1.54) is 0 Å².